The van der Waals surface area contributed by atoms with Gasteiger partial charge in [0.2, 0.25) is 5.91 Å². The Bertz CT molecular complexity index is 969. The van der Waals surface area contributed by atoms with Gasteiger partial charge in [0.05, 0.1) is 11.3 Å². The zero-order chi connectivity index (χ0) is 20.1. The number of nitrogens with zero attached hydrogens (tertiary/aromatic N) is 3. The van der Waals surface area contributed by atoms with Gasteiger partial charge in [-0.1, -0.05) is 55.9 Å². The van der Waals surface area contributed by atoms with Gasteiger partial charge in [0.25, 0.3) is 0 Å². The lowest BCUT2D eigenvalue weighted by Gasteiger charge is -2.13. The fourth-order valence-electron chi connectivity index (χ4n) is 2.97. The highest BCUT2D eigenvalue weighted by Crippen LogP contribution is 2.30. The number of carbonyl (C=O) groups is 1. The third-order valence-corrected chi connectivity index (χ3v) is 5.33. The lowest BCUT2D eigenvalue weighted by molar-refractivity contribution is -0.113. The highest BCUT2D eigenvalue weighted by Gasteiger charge is 2.17. The van der Waals surface area contributed by atoms with E-state index >= 15 is 0 Å². The summed E-state index contributed by atoms with van der Waals surface area (Å²) >= 11 is 1.33. The molecule has 0 radical (unpaired) electrons. The molecule has 0 aliphatic carbocycles. The predicted molar refractivity (Wildman–Crippen MR) is 113 cm³/mol. The summed E-state index contributed by atoms with van der Waals surface area (Å²) in [5.41, 5.74) is 2.58. The quantitative estimate of drug-likeness (QED) is 0.574. The summed E-state index contributed by atoms with van der Waals surface area (Å²) in [5.74, 6) is 1.21. The number of aromatic hydroxyl groups is 1. The van der Waals surface area contributed by atoms with Gasteiger partial charge in [-0.25, -0.2) is 0 Å². The SMILES string of the molecule is CCn1c(SCC(=O)Nc2ccccc2C(C)C)nnc1-c1ccccc1O. The number of hydrogen-bond donors (Lipinski definition) is 2. The summed E-state index contributed by atoms with van der Waals surface area (Å²) in [6, 6.07) is 14.9. The summed E-state index contributed by atoms with van der Waals surface area (Å²) in [4.78, 5) is 12.5. The smallest absolute Gasteiger partial charge is 0.234 e. The number of rotatable bonds is 7. The van der Waals surface area contributed by atoms with Crippen LogP contribution in [0.4, 0.5) is 5.69 Å². The normalized spacial score (nSPS) is 11.0. The summed E-state index contributed by atoms with van der Waals surface area (Å²) in [6.07, 6.45) is 0. The number of para-hydroxylation sites is 2. The molecule has 0 aliphatic rings. The first-order chi connectivity index (χ1) is 13.5. The number of amides is 1. The molecule has 0 unspecified atom stereocenters. The van der Waals surface area contributed by atoms with Gasteiger partial charge in [-0.15, -0.1) is 10.2 Å². The Kier molecular flexibility index (Phi) is 6.36. The van der Waals surface area contributed by atoms with Gasteiger partial charge in [0.15, 0.2) is 11.0 Å². The van der Waals surface area contributed by atoms with Crippen molar-refractivity contribution in [3.05, 3.63) is 54.1 Å². The minimum absolute atomic E-state index is 0.0899. The Morgan fingerprint density at radius 2 is 1.86 bits per heavy atom. The minimum Gasteiger partial charge on any atom is -0.507 e. The molecule has 0 atom stereocenters. The molecule has 1 aromatic heterocycles. The van der Waals surface area contributed by atoms with Crippen molar-refractivity contribution in [1.82, 2.24) is 14.8 Å². The first-order valence-corrected chi connectivity index (χ1v) is 10.2. The second kappa shape index (κ2) is 8.93. The number of carbonyl (C=O) groups excluding carboxylic acids is 1. The Morgan fingerprint density at radius 1 is 1.14 bits per heavy atom. The molecular formula is C21H24N4O2S. The van der Waals surface area contributed by atoms with Crippen molar-refractivity contribution in [2.24, 2.45) is 0 Å². The number of benzene rings is 2. The zero-order valence-electron chi connectivity index (χ0n) is 16.2. The van der Waals surface area contributed by atoms with E-state index in [9.17, 15) is 9.90 Å². The third-order valence-electron chi connectivity index (χ3n) is 4.37. The molecule has 0 saturated heterocycles. The van der Waals surface area contributed by atoms with Gasteiger partial charge in [-0.3, -0.25) is 4.79 Å². The van der Waals surface area contributed by atoms with Crippen molar-refractivity contribution < 1.29 is 9.90 Å². The lowest BCUT2D eigenvalue weighted by Crippen LogP contribution is -2.16. The van der Waals surface area contributed by atoms with E-state index in [2.05, 4.69) is 29.4 Å². The number of phenols is 1. The molecule has 0 bridgehead atoms. The average molecular weight is 397 g/mol. The van der Waals surface area contributed by atoms with E-state index in [0.29, 0.717) is 29.0 Å². The van der Waals surface area contributed by atoms with Gasteiger partial charge in [-0.2, -0.15) is 0 Å². The van der Waals surface area contributed by atoms with Crippen LogP contribution in [-0.2, 0) is 11.3 Å². The zero-order valence-corrected chi connectivity index (χ0v) is 17.0. The molecular weight excluding hydrogens is 372 g/mol. The second-order valence-corrected chi connectivity index (χ2v) is 7.59. The van der Waals surface area contributed by atoms with Crippen LogP contribution in [-0.4, -0.2) is 31.5 Å². The molecule has 28 heavy (non-hydrogen) atoms. The lowest BCUT2D eigenvalue weighted by atomic mass is 10.0. The Hall–Kier alpha value is -2.80. The monoisotopic (exact) mass is 396 g/mol. The third kappa shape index (κ3) is 4.36. The van der Waals surface area contributed by atoms with Crippen molar-refractivity contribution in [2.45, 2.75) is 38.4 Å². The number of anilines is 1. The van der Waals surface area contributed by atoms with Crippen molar-refractivity contribution >= 4 is 23.4 Å². The van der Waals surface area contributed by atoms with Crippen LogP contribution < -0.4 is 5.32 Å². The van der Waals surface area contributed by atoms with Gasteiger partial charge in [0.1, 0.15) is 5.75 Å². The van der Waals surface area contributed by atoms with E-state index in [0.717, 1.165) is 11.3 Å². The first kappa shape index (κ1) is 19.9. The number of thioether (sulfide) groups is 1. The van der Waals surface area contributed by atoms with Crippen molar-refractivity contribution in [3.8, 4) is 17.1 Å². The molecule has 3 aromatic rings. The van der Waals surface area contributed by atoms with Crippen LogP contribution in [0.25, 0.3) is 11.4 Å². The molecule has 146 valence electrons. The fourth-order valence-corrected chi connectivity index (χ4v) is 3.78. The van der Waals surface area contributed by atoms with Crippen molar-refractivity contribution in [2.75, 3.05) is 11.1 Å². The van der Waals surface area contributed by atoms with E-state index in [4.69, 9.17) is 0 Å². The van der Waals surface area contributed by atoms with Gasteiger partial charge < -0.3 is 15.0 Å². The van der Waals surface area contributed by atoms with E-state index in [1.807, 2.05) is 41.8 Å². The summed E-state index contributed by atoms with van der Waals surface area (Å²) in [5, 5.41) is 22.2. The topological polar surface area (TPSA) is 80.0 Å². The van der Waals surface area contributed by atoms with Crippen LogP contribution in [0.5, 0.6) is 5.75 Å². The van der Waals surface area contributed by atoms with Crippen LogP contribution in [0.15, 0.2) is 53.7 Å². The van der Waals surface area contributed by atoms with Gasteiger partial charge in [-0.05, 0) is 36.6 Å². The van der Waals surface area contributed by atoms with Gasteiger partial charge in [0, 0.05) is 12.2 Å². The molecule has 0 fully saturated rings. The molecule has 0 spiro atoms. The Morgan fingerprint density at radius 3 is 2.57 bits per heavy atom. The molecule has 2 N–H and O–H groups in total. The number of phenolic OH excluding ortho intramolecular Hbond substituents is 1. The molecule has 6 nitrogen and oxygen atoms in total. The van der Waals surface area contributed by atoms with E-state index < -0.39 is 0 Å². The van der Waals surface area contributed by atoms with Crippen LogP contribution in [0.2, 0.25) is 0 Å². The standard InChI is InChI=1S/C21H24N4O2S/c1-4-25-20(16-10-6-8-12-18(16)26)23-24-21(25)28-13-19(27)22-17-11-7-5-9-15(17)14(2)3/h5-12,14,26H,4,13H2,1-3H3,(H,22,27). The van der Waals surface area contributed by atoms with Crippen molar-refractivity contribution in [1.29, 1.82) is 0 Å². The number of aromatic nitrogens is 3. The molecule has 7 heteroatoms. The van der Waals surface area contributed by atoms with Crippen molar-refractivity contribution in [3.63, 3.8) is 0 Å². The Labute approximate surface area is 169 Å². The maximum absolute atomic E-state index is 12.5. The summed E-state index contributed by atoms with van der Waals surface area (Å²) < 4.78 is 1.90. The molecule has 0 aliphatic heterocycles. The molecule has 1 amide bonds. The highest BCUT2D eigenvalue weighted by molar-refractivity contribution is 7.99. The first-order valence-electron chi connectivity index (χ1n) is 9.24. The maximum atomic E-state index is 12.5. The summed E-state index contributed by atoms with van der Waals surface area (Å²) in [6.45, 7) is 6.82. The van der Waals surface area contributed by atoms with E-state index in [1.54, 1.807) is 18.2 Å². The Balaban J connectivity index is 1.72. The van der Waals surface area contributed by atoms with Crippen LogP contribution in [0.1, 0.15) is 32.3 Å². The fraction of sp³-hybridized carbons (Fsp3) is 0.286. The molecule has 1 heterocycles. The highest BCUT2D eigenvalue weighted by atomic mass is 32.2. The molecule has 3 rings (SSSR count). The second-order valence-electron chi connectivity index (χ2n) is 6.65. The number of nitrogens with one attached hydrogen (secondary N) is 1. The predicted octanol–water partition coefficient (Wildman–Crippen LogP) is 4.52. The van der Waals surface area contributed by atoms with Crippen LogP contribution in [0, 0.1) is 0 Å². The number of hydrogen-bond acceptors (Lipinski definition) is 5. The van der Waals surface area contributed by atoms with Gasteiger partial charge >= 0.3 is 0 Å². The maximum Gasteiger partial charge on any atom is 0.234 e. The van der Waals surface area contributed by atoms with E-state index in [-0.39, 0.29) is 17.4 Å². The summed E-state index contributed by atoms with van der Waals surface area (Å²) in [7, 11) is 0. The molecule has 0 saturated carbocycles. The van der Waals surface area contributed by atoms with Crippen LogP contribution >= 0.6 is 11.8 Å². The van der Waals surface area contributed by atoms with E-state index in [1.165, 1.54) is 11.8 Å². The van der Waals surface area contributed by atoms with Crippen LogP contribution in [0.3, 0.4) is 0 Å². The largest absolute Gasteiger partial charge is 0.507 e. The minimum atomic E-state index is -0.0899. The average Bonchev–Trinajstić information content (AvgIpc) is 3.09. The molecule has 2 aromatic carbocycles.